The third-order valence-corrected chi connectivity index (χ3v) is 13.0. The van der Waals surface area contributed by atoms with E-state index in [-0.39, 0.29) is 31.1 Å². The van der Waals surface area contributed by atoms with Crippen LogP contribution in [0.25, 0.3) is 0 Å². The molecule has 6 nitrogen and oxygen atoms in total. The Balaban J connectivity index is 4.33. The van der Waals surface area contributed by atoms with E-state index in [0.717, 1.165) is 70.6 Å². The van der Waals surface area contributed by atoms with Crippen LogP contribution in [0.3, 0.4) is 0 Å². The van der Waals surface area contributed by atoms with Gasteiger partial charge in [0.15, 0.2) is 6.10 Å². The van der Waals surface area contributed by atoms with Crippen molar-refractivity contribution in [3.05, 3.63) is 48.6 Å². The van der Waals surface area contributed by atoms with Gasteiger partial charge in [-0.25, -0.2) is 0 Å². The fraction of sp³-hybridized carbons (Fsp3) is 0.823. The molecule has 0 amide bonds. The smallest absolute Gasteiger partial charge is 0.306 e. The van der Waals surface area contributed by atoms with Crippen LogP contribution in [-0.4, -0.2) is 37.2 Å². The van der Waals surface area contributed by atoms with Gasteiger partial charge < -0.3 is 14.2 Å². The van der Waals surface area contributed by atoms with Crippen LogP contribution in [0.2, 0.25) is 0 Å². The molecule has 0 aliphatic rings. The van der Waals surface area contributed by atoms with Gasteiger partial charge in [-0.3, -0.25) is 14.4 Å². The van der Waals surface area contributed by atoms with E-state index < -0.39 is 6.10 Å². The van der Waals surface area contributed by atoms with Crippen LogP contribution in [-0.2, 0) is 28.6 Å². The Hall–Kier alpha value is -2.63. The predicted octanol–water partition coefficient (Wildman–Crippen LogP) is 19.8. The molecule has 68 heavy (non-hydrogen) atoms. The molecular weight excluding hydrogens is 841 g/mol. The van der Waals surface area contributed by atoms with Crippen LogP contribution in [0.4, 0.5) is 0 Å². The molecule has 0 aliphatic carbocycles. The van der Waals surface area contributed by atoms with Crippen LogP contribution in [0, 0.1) is 0 Å². The van der Waals surface area contributed by atoms with Gasteiger partial charge in [0.1, 0.15) is 13.2 Å². The molecule has 6 heteroatoms. The van der Waals surface area contributed by atoms with Gasteiger partial charge in [-0.15, -0.1) is 0 Å². The highest BCUT2D eigenvalue weighted by molar-refractivity contribution is 5.71. The zero-order chi connectivity index (χ0) is 49.3. The lowest BCUT2D eigenvalue weighted by atomic mass is 10.1. The van der Waals surface area contributed by atoms with E-state index in [9.17, 15) is 14.4 Å². The minimum Gasteiger partial charge on any atom is -0.462 e. The van der Waals surface area contributed by atoms with Crippen LogP contribution in [0.1, 0.15) is 310 Å². The Labute approximate surface area is 422 Å². The van der Waals surface area contributed by atoms with Crippen molar-refractivity contribution in [1.29, 1.82) is 0 Å². The number of ether oxygens (including phenoxy) is 3. The van der Waals surface area contributed by atoms with E-state index >= 15 is 0 Å². The Morgan fingerprint density at radius 1 is 0.294 bits per heavy atom. The molecule has 0 unspecified atom stereocenters. The molecule has 0 saturated heterocycles. The first kappa shape index (κ1) is 65.4. The molecule has 0 aliphatic heterocycles. The summed E-state index contributed by atoms with van der Waals surface area (Å²) in [4.78, 5) is 38.2. The standard InChI is InChI=1S/C62H112O6/c1-4-7-10-13-16-19-22-25-27-29-31-33-35-37-40-43-46-49-52-55-61(64)67-58-59(57-66-60(63)54-51-48-45-42-39-24-21-18-15-12-9-6-3)68-62(65)56-53-50-47-44-41-38-36-34-32-30-28-26-23-20-17-14-11-8-5-2/h16,18-19,21,25,27,30,32,59H,4-15,17,20,22-24,26,28-29,31,33-58H2,1-3H3/b19-16-,21-18-,27-25-,32-30-/t59-/m1/s1. The average molecular weight is 954 g/mol. The van der Waals surface area contributed by atoms with Crippen LogP contribution >= 0.6 is 0 Å². The lowest BCUT2D eigenvalue weighted by Gasteiger charge is -2.18. The van der Waals surface area contributed by atoms with Gasteiger partial charge in [-0.1, -0.05) is 236 Å². The van der Waals surface area contributed by atoms with Crippen LogP contribution in [0.5, 0.6) is 0 Å². The molecule has 0 radical (unpaired) electrons. The van der Waals surface area contributed by atoms with E-state index in [2.05, 4.69) is 69.4 Å². The Bertz CT molecular complexity index is 1190. The van der Waals surface area contributed by atoms with Crippen molar-refractivity contribution in [2.75, 3.05) is 13.2 Å². The van der Waals surface area contributed by atoms with E-state index in [4.69, 9.17) is 14.2 Å². The molecule has 396 valence electrons. The molecule has 0 heterocycles. The lowest BCUT2D eigenvalue weighted by Crippen LogP contribution is -2.30. The highest BCUT2D eigenvalue weighted by Crippen LogP contribution is 2.16. The van der Waals surface area contributed by atoms with Crippen LogP contribution in [0.15, 0.2) is 48.6 Å². The Morgan fingerprint density at radius 2 is 0.529 bits per heavy atom. The molecule has 0 bridgehead atoms. The normalized spacial score (nSPS) is 12.3. The van der Waals surface area contributed by atoms with Crippen molar-refractivity contribution in [3.63, 3.8) is 0 Å². The summed E-state index contributed by atoms with van der Waals surface area (Å²) in [5.74, 6) is -0.882. The molecule has 1 atom stereocenters. The predicted molar refractivity (Wildman–Crippen MR) is 293 cm³/mol. The third kappa shape index (κ3) is 54.3. The van der Waals surface area contributed by atoms with Crippen LogP contribution < -0.4 is 0 Å². The molecule has 0 rings (SSSR count). The van der Waals surface area contributed by atoms with E-state index in [1.165, 1.54) is 199 Å². The molecule has 0 N–H and O–H groups in total. The minimum absolute atomic E-state index is 0.0781. The van der Waals surface area contributed by atoms with Gasteiger partial charge >= 0.3 is 17.9 Å². The number of esters is 3. The highest BCUT2D eigenvalue weighted by Gasteiger charge is 2.19. The van der Waals surface area contributed by atoms with E-state index in [1.54, 1.807) is 0 Å². The lowest BCUT2D eigenvalue weighted by molar-refractivity contribution is -0.167. The zero-order valence-electron chi connectivity index (χ0n) is 45.4. The summed E-state index contributed by atoms with van der Waals surface area (Å²) in [6.45, 7) is 6.61. The van der Waals surface area contributed by atoms with Gasteiger partial charge in [0, 0.05) is 19.3 Å². The maximum absolute atomic E-state index is 12.9. The zero-order valence-corrected chi connectivity index (χ0v) is 45.4. The summed E-state index contributed by atoms with van der Waals surface area (Å²) in [6.07, 6.45) is 69.6. The molecule has 0 fully saturated rings. The number of hydrogen-bond donors (Lipinski definition) is 0. The first-order chi connectivity index (χ1) is 33.5. The number of unbranched alkanes of at least 4 members (excludes halogenated alkanes) is 35. The summed E-state index contributed by atoms with van der Waals surface area (Å²) in [5, 5.41) is 0. The van der Waals surface area contributed by atoms with Gasteiger partial charge in [-0.05, 0) is 103 Å². The number of rotatable bonds is 54. The Morgan fingerprint density at radius 3 is 0.853 bits per heavy atom. The van der Waals surface area contributed by atoms with Gasteiger partial charge in [0.2, 0.25) is 0 Å². The first-order valence-electron chi connectivity index (χ1n) is 29.6. The summed E-state index contributed by atoms with van der Waals surface area (Å²) < 4.78 is 16.9. The molecule has 0 spiro atoms. The van der Waals surface area contributed by atoms with Crippen molar-refractivity contribution >= 4 is 17.9 Å². The first-order valence-corrected chi connectivity index (χ1v) is 29.6. The number of allylic oxidation sites excluding steroid dienone is 8. The molecule has 0 saturated carbocycles. The minimum atomic E-state index is -0.780. The fourth-order valence-corrected chi connectivity index (χ4v) is 8.52. The van der Waals surface area contributed by atoms with Gasteiger partial charge in [0.05, 0.1) is 0 Å². The second-order valence-corrected chi connectivity index (χ2v) is 19.9. The number of hydrogen-bond acceptors (Lipinski definition) is 6. The monoisotopic (exact) mass is 953 g/mol. The van der Waals surface area contributed by atoms with Gasteiger partial charge in [0.25, 0.3) is 0 Å². The van der Waals surface area contributed by atoms with Gasteiger partial charge in [-0.2, -0.15) is 0 Å². The fourth-order valence-electron chi connectivity index (χ4n) is 8.52. The second kappa shape index (κ2) is 57.0. The van der Waals surface area contributed by atoms with E-state index in [0.29, 0.717) is 19.3 Å². The quantitative estimate of drug-likeness (QED) is 0.0262. The van der Waals surface area contributed by atoms with Crippen molar-refractivity contribution in [2.24, 2.45) is 0 Å². The highest BCUT2D eigenvalue weighted by atomic mass is 16.6. The third-order valence-electron chi connectivity index (χ3n) is 13.0. The van der Waals surface area contributed by atoms with Crippen molar-refractivity contribution in [3.8, 4) is 0 Å². The summed E-state index contributed by atoms with van der Waals surface area (Å²) in [6, 6.07) is 0. The Kier molecular flexibility index (Phi) is 54.8. The van der Waals surface area contributed by atoms with Crippen molar-refractivity contribution < 1.29 is 28.6 Å². The van der Waals surface area contributed by atoms with Crippen molar-refractivity contribution in [1.82, 2.24) is 0 Å². The van der Waals surface area contributed by atoms with Crippen molar-refractivity contribution in [2.45, 2.75) is 316 Å². The average Bonchev–Trinajstić information content (AvgIpc) is 3.34. The molecule has 0 aromatic carbocycles. The maximum atomic E-state index is 12.9. The number of carbonyl (C=O) groups is 3. The summed E-state index contributed by atoms with van der Waals surface area (Å²) in [5.41, 5.74) is 0. The molecule has 0 aromatic rings. The SMILES string of the molecule is CCCCC/C=C\C/C=C\CCCCCCCCCCCC(=O)OC[C@@H](COC(=O)CCCCCCC/C=C\CCCCC)OC(=O)CCCCCCCCC/C=C\CCCCCCCCCC. The second-order valence-electron chi connectivity index (χ2n) is 19.9. The topological polar surface area (TPSA) is 78.9 Å². The molecular formula is C62H112O6. The molecule has 0 aromatic heterocycles. The number of carbonyl (C=O) groups excluding carboxylic acids is 3. The largest absolute Gasteiger partial charge is 0.462 e. The summed E-state index contributed by atoms with van der Waals surface area (Å²) >= 11 is 0. The van der Waals surface area contributed by atoms with E-state index in [1.807, 2.05) is 0 Å². The summed E-state index contributed by atoms with van der Waals surface area (Å²) in [7, 11) is 0. The maximum Gasteiger partial charge on any atom is 0.306 e.